The molecule has 0 saturated carbocycles. The van der Waals surface area contributed by atoms with E-state index < -0.39 is 10.9 Å². The smallest absolute Gasteiger partial charge is 0.397 e. The molecule has 2 aromatic rings. The Balaban J connectivity index is 2.48. The lowest BCUT2D eigenvalue weighted by atomic mass is 10.2. The zero-order valence-electron chi connectivity index (χ0n) is 12.8. The van der Waals surface area contributed by atoms with Gasteiger partial charge in [-0.2, -0.15) is 0 Å². The third-order valence-electron chi connectivity index (χ3n) is 3.35. The summed E-state index contributed by atoms with van der Waals surface area (Å²) in [5.74, 6) is -0.0391. The molecule has 0 fully saturated rings. The largest absolute Gasteiger partial charge is 0.465 e. The molecule has 0 atom stereocenters. The van der Waals surface area contributed by atoms with Crippen LogP contribution in [0.25, 0.3) is 5.69 Å². The molecule has 23 heavy (non-hydrogen) atoms. The first-order chi connectivity index (χ1) is 11.0. The number of hydrogen-bond donors (Lipinski definition) is 0. The molecule has 0 unspecified atom stereocenters. The SMILES string of the molecule is CCCCc1nc([N+](=O)[O-])c(Br)n1-c1ccc(C(=O)OC)cc1. The van der Waals surface area contributed by atoms with Crippen LogP contribution in [0.1, 0.15) is 35.9 Å². The van der Waals surface area contributed by atoms with Crippen molar-refractivity contribution in [1.82, 2.24) is 9.55 Å². The number of methoxy groups -OCH3 is 1. The lowest BCUT2D eigenvalue weighted by Gasteiger charge is -2.07. The average Bonchev–Trinajstić information content (AvgIpc) is 2.89. The molecule has 7 nitrogen and oxygen atoms in total. The molecule has 1 aromatic heterocycles. The van der Waals surface area contributed by atoms with Gasteiger partial charge in [0.2, 0.25) is 5.82 Å². The van der Waals surface area contributed by atoms with Gasteiger partial charge in [0.25, 0.3) is 0 Å². The van der Waals surface area contributed by atoms with Crippen molar-refractivity contribution in [3.8, 4) is 5.69 Å². The van der Waals surface area contributed by atoms with Crippen molar-refractivity contribution >= 4 is 27.7 Å². The third kappa shape index (κ3) is 3.58. The van der Waals surface area contributed by atoms with Crippen molar-refractivity contribution in [1.29, 1.82) is 0 Å². The molecule has 2 rings (SSSR count). The molecular weight excluding hydrogens is 366 g/mol. The van der Waals surface area contributed by atoms with E-state index in [-0.39, 0.29) is 5.82 Å². The van der Waals surface area contributed by atoms with Crippen molar-refractivity contribution in [2.24, 2.45) is 0 Å². The van der Waals surface area contributed by atoms with Gasteiger partial charge in [0, 0.05) is 6.42 Å². The highest BCUT2D eigenvalue weighted by Crippen LogP contribution is 2.30. The van der Waals surface area contributed by atoms with Crippen LogP contribution in [-0.2, 0) is 11.2 Å². The average molecular weight is 382 g/mol. The number of carbonyl (C=O) groups is 1. The van der Waals surface area contributed by atoms with Crippen LogP contribution in [0.2, 0.25) is 0 Å². The normalized spacial score (nSPS) is 10.6. The Morgan fingerprint density at radius 3 is 2.57 bits per heavy atom. The minimum atomic E-state index is -0.515. The Kier molecular flexibility index (Phi) is 5.49. The summed E-state index contributed by atoms with van der Waals surface area (Å²) in [5, 5.41) is 11.1. The maximum Gasteiger partial charge on any atom is 0.397 e. The van der Waals surface area contributed by atoms with E-state index in [1.54, 1.807) is 28.8 Å². The lowest BCUT2D eigenvalue weighted by Crippen LogP contribution is -2.04. The van der Waals surface area contributed by atoms with E-state index in [9.17, 15) is 14.9 Å². The Hall–Kier alpha value is -2.22. The second-order valence-corrected chi connectivity index (χ2v) is 5.63. The van der Waals surface area contributed by atoms with Gasteiger partial charge in [0.1, 0.15) is 0 Å². The summed E-state index contributed by atoms with van der Waals surface area (Å²) in [7, 11) is 1.31. The van der Waals surface area contributed by atoms with Crippen molar-refractivity contribution in [3.63, 3.8) is 0 Å². The number of unbranched alkanes of at least 4 members (excludes halogenated alkanes) is 1. The van der Waals surface area contributed by atoms with Gasteiger partial charge in [-0.3, -0.25) is 4.57 Å². The molecule has 8 heteroatoms. The van der Waals surface area contributed by atoms with Crippen LogP contribution in [0.15, 0.2) is 28.9 Å². The molecule has 0 aliphatic rings. The summed E-state index contributed by atoms with van der Waals surface area (Å²) < 4.78 is 6.64. The second-order valence-electron chi connectivity index (χ2n) is 4.88. The first kappa shape index (κ1) is 17.1. The molecule has 0 saturated heterocycles. The van der Waals surface area contributed by atoms with Crippen LogP contribution in [0.4, 0.5) is 5.82 Å². The van der Waals surface area contributed by atoms with Crippen LogP contribution in [0, 0.1) is 10.1 Å². The molecule has 1 heterocycles. The Morgan fingerprint density at radius 1 is 1.39 bits per heavy atom. The maximum absolute atomic E-state index is 11.5. The van der Waals surface area contributed by atoms with Crippen LogP contribution in [0.3, 0.4) is 0 Å². The first-order valence-corrected chi connectivity index (χ1v) is 7.89. The van der Waals surface area contributed by atoms with Gasteiger partial charge in [-0.05, 0) is 56.5 Å². The summed E-state index contributed by atoms with van der Waals surface area (Å²) in [6.45, 7) is 2.04. The summed E-state index contributed by atoms with van der Waals surface area (Å²) in [6, 6.07) is 6.64. The summed E-state index contributed by atoms with van der Waals surface area (Å²) in [4.78, 5) is 26.2. The molecule has 122 valence electrons. The number of aryl methyl sites for hydroxylation is 1. The third-order valence-corrected chi connectivity index (χ3v) is 4.06. The molecule has 0 aliphatic heterocycles. The zero-order valence-corrected chi connectivity index (χ0v) is 14.4. The number of rotatable bonds is 6. The molecule has 1 aromatic carbocycles. The number of nitro groups is 1. The van der Waals surface area contributed by atoms with E-state index in [1.165, 1.54) is 7.11 Å². The van der Waals surface area contributed by atoms with Gasteiger partial charge in [-0.1, -0.05) is 13.3 Å². The Bertz CT molecular complexity index is 725. The predicted molar refractivity (Wildman–Crippen MR) is 87.9 cm³/mol. The van der Waals surface area contributed by atoms with Gasteiger partial charge >= 0.3 is 11.8 Å². The number of nitrogens with zero attached hydrogens (tertiary/aromatic N) is 3. The van der Waals surface area contributed by atoms with E-state index >= 15 is 0 Å². The van der Waals surface area contributed by atoms with Gasteiger partial charge in [-0.25, -0.2) is 4.79 Å². The van der Waals surface area contributed by atoms with Crippen LogP contribution < -0.4 is 0 Å². The molecule has 0 radical (unpaired) electrons. The van der Waals surface area contributed by atoms with E-state index in [0.717, 1.165) is 12.8 Å². The number of benzene rings is 1. The van der Waals surface area contributed by atoms with E-state index in [2.05, 4.69) is 25.7 Å². The van der Waals surface area contributed by atoms with Crippen LogP contribution in [0.5, 0.6) is 0 Å². The second kappa shape index (κ2) is 7.36. The first-order valence-electron chi connectivity index (χ1n) is 7.09. The van der Waals surface area contributed by atoms with Crippen molar-refractivity contribution in [2.75, 3.05) is 7.11 Å². The standard InChI is InChI=1S/C15H16BrN3O4/c1-3-4-5-12-17-14(19(21)22)13(16)18(12)11-8-6-10(7-9-11)15(20)23-2/h6-9H,3-5H2,1-2H3. The Labute approximate surface area is 141 Å². The van der Waals surface area contributed by atoms with Crippen LogP contribution in [-0.4, -0.2) is 27.6 Å². The maximum atomic E-state index is 11.5. The predicted octanol–water partition coefficient (Wildman–Crippen LogP) is 3.67. The monoisotopic (exact) mass is 381 g/mol. The van der Waals surface area contributed by atoms with Gasteiger partial charge in [0.15, 0.2) is 4.60 Å². The van der Waals surface area contributed by atoms with E-state index in [1.807, 2.05) is 6.92 Å². The number of carbonyl (C=O) groups excluding carboxylic acids is 1. The molecule has 0 N–H and O–H groups in total. The highest BCUT2D eigenvalue weighted by Gasteiger charge is 2.26. The lowest BCUT2D eigenvalue weighted by molar-refractivity contribution is -0.390. The van der Waals surface area contributed by atoms with Gasteiger partial charge in [0.05, 0.1) is 18.4 Å². The highest BCUT2D eigenvalue weighted by atomic mass is 79.9. The number of aromatic nitrogens is 2. The number of hydrogen-bond acceptors (Lipinski definition) is 5. The van der Waals surface area contributed by atoms with E-state index in [0.29, 0.717) is 28.1 Å². The zero-order chi connectivity index (χ0) is 17.0. The van der Waals surface area contributed by atoms with Gasteiger partial charge < -0.3 is 14.9 Å². The highest BCUT2D eigenvalue weighted by molar-refractivity contribution is 9.10. The molecular formula is C15H16BrN3O4. The number of esters is 1. The van der Waals surface area contributed by atoms with Crippen LogP contribution >= 0.6 is 15.9 Å². The number of halogens is 1. The summed E-state index contributed by atoms with van der Waals surface area (Å²) in [6.07, 6.45) is 2.46. The number of imidazole rings is 1. The quantitative estimate of drug-likeness (QED) is 0.432. The fraction of sp³-hybridized carbons (Fsp3) is 0.333. The molecule has 0 amide bonds. The number of ether oxygens (including phenoxy) is 1. The van der Waals surface area contributed by atoms with Crippen molar-refractivity contribution < 1.29 is 14.5 Å². The summed E-state index contributed by atoms with van der Waals surface area (Å²) in [5.41, 5.74) is 1.10. The molecule has 0 spiro atoms. The van der Waals surface area contributed by atoms with Gasteiger partial charge in [-0.15, -0.1) is 0 Å². The molecule has 0 bridgehead atoms. The minimum absolute atomic E-state index is 0.215. The van der Waals surface area contributed by atoms with E-state index in [4.69, 9.17) is 0 Å². The Morgan fingerprint density at radius 2 is 2.04 bits per heavy atom. The fourth-order valence-corrected chi connectivity index (χ4v) is 2.82. The van der Waals surface area contributed by atoms with Crippen molar-refractivity contribution in [3.05, 3.63) is 50.4 Å². The fourth-order valence-electron chi connectivity index (χ4n) is 2.18. The minimum Gasteiger partial charge on any atom is -0.465 e. The topological polar surface area (TPSA) is 87.3 Å². The molecule has 0 aliphatic carbocycles. The summed E-state index contributed by atoms with van der Waals surface area (Å²) >= 11 is 3.26. The van der Waals surface area contributed by atoms with Crippen molar-refractivity contribution in [2.45, 2.75) is 26.2 Å².